The van der Waals surface area contributed by atoms with Crippen LogP contribution in [-0.4, -0.2) is 7.54 Å². The van der Waals surface area contributed by atoms with Crippen LogP contribution < -0.4 is 4.70 Å². The molecular weight excluding hydrogens is 199 g/mol. The molecule has 0 aliphatic heterocycles. The molecule has 0 aliphatic rings. The molecule has 80 valence electrons. The molecule has 1 rings (SSSR count). The van der Waals surface area contributed by atoms with Gasteiger partial charge in [0.25, 0.3) is 0 Å². The monoisotopic (exact) mass is 210 g/mol. The topological polar surface area (TPSA) is 11.3 Å². The minimum atomic E-state index is -3.67. The molecule has 0 N–H and O–H groups in total. The lowest BCUT2D eigenvalue weighted by Crippen LogP contribution is -3.00. The zero-order valence-electron chi connectivity index (χ0n) is 8.15. The molecule has 1 aromatic rings. The Morgan fingerprint density at radius 1 is 1.00 bits per heavy atom. The van der Waals surface area contributed by atoms with Gasteiger partial charge in [-0.25, -0.2) is 4.42 Å². The smallest absolute Gasteiger partial charge is 0.762 e. The lowest BCUT2D eigenvalue weighted by Gasteiger charge is -1.84. The van der Waals surface area contributed by atoms with Gasteiger partial charge in [-0.05, 0) is 12.5 Å². The van der Waals surface area contributed by atoms with Crippen LogP contribution in [0.3, 0.4) is 0 Å². The fourth-order valence-corrected chi connectivity index (χ4v) is 0.996. The molecular formula is C8H11BF4O. The average Bonchev–Trinajstić information content (AvgIpc) is 1.80. The fourth-order valence-electron chi connectivity index (χ4n) is 0.996. The Bertz CT molecular complexity index is 214. The van der Waals surface area contributed by atoms with E-state index in [0.717, 1.165) is 11.5 Å². The summed E-state index contributed by atoms with van der Waals surface area (Å²) in [5.74, 6) is 1.96. The van der Waals surface area contributed by atoms with Crippen molar-refractivity contribution in [3.05, 3.63) is 29.2 Å². The van der Waals surface area contributed by atoms with E-state index >= 15 is 0 Å². The van der Waals surface area contributed by atoms with E-state index in [0.29, 0.717) is 0 Å². The number of hydrogen-bond donors (Lipinski definition) is 0. The highest BCUT2D eigenvalue weighted by molar-refractivity contribution is 6.33. The Kier molecular flexibility index (Phi) is 8.09. The van der Waals surface area contributed by atoms with Crippen LogP contribution in [0, 0.1) is 20.8 Å². The van der Waals surface area contributed by atoms with E-state index in [2.05, 4.69) is 6.92 Å². The molecule has 0 amide bonds. The third kappa shape index (κ3) is 9.03. The van der Waals surface area contributed by atoms with Gasteiger partial charge in [0, 0.05) is 12.1 Å². The molecule has 0 unspecified atom stereocenters. The molecule has 0 saturated heterocycles. The van der Waals surface area contributed by atoms with Crippen molar-refractivity contribution in [3.8, 4) is 0 Å². The molecule has 0 saturated carbocycles. The quantitative estimate of drug-likeness (QED) is 0.342. The maximum absolute atomic E-state index is 9.67. The summed E-state index contributed by atoms with van der Waals surface area (Å²) in [4.78, 5) is 0. The molecule has 1 aromatic heterocycles. The van der Waals surface area contributed by atoms with E-state index in [1.54, 1.807) is 0 Å². The summed E-state index contributed by atoms with van der Waals surface area (Å²) in [5.41, 5.74) is 1.26. The Labute approximate surface area is 80.5 Å². The molecule has 1 heterocycles. The van der Waals surface area contributed by atoms with E-state index < -0.39 is 7.54 Å². The van der Waals surface area contributed by atoms with E-state index in [1.807, 2.05) is 26.0 Å². The summed E-state index contributed by atoms with van der Waals surface area (Å²) in [6.07, 6.45) is 0. The van der Waals surface area contributed by atoms with Gasteiger partial charge < -0.3 is 4.70 Å². The lowest BCUT2D eigenvalue weighted by atomic mass is 10.2. The predicted molar refractivity (Wildman–Crippen MR) is 46.4 cm³/mol. The zero-order valence-corrected chi connectivity index (χ0v) is 8.15. The second kappa shape index (κ2) is 7.35. The predicted octanol–water partition coefficient (Wildman–Crippen LogP) is 0.370. The maximum Gasteiger partial charge on any atom is 0.762 e. The lowest BCUT2D eigenvalue weighted by molar-refractivity contribution is -0.00000656. The van der Waals surface area contributed by atoms with Gasteiger partial charge >= 0.3 is 19.1 Å². The summed E-state index contributed by atoms with van der Waals surface area (Å²) in [5, 5.41) is 0. The first-order valence-electron chi connectivity index (χ1n) is 3.72. The normalized spacial score (nSPS) is 8.14. The summed E-state index contributed by atoms with van der Waals surface area (Å²) < 4.78 is 34.3. The van der Waals surface area contributed by atoms with Crippen molar-refractivity contribution in [2.24, 2.45) is 0 Å². The van der Waals surface area contributed by atoms with Gasteiger partial charge in [0.2, 0.25) is 0 Å². The highest BCUT2D eigenvalue weighted by Crippen LogP contribution is 2.06. The first-order chi connectivity index (χ1) is 5.91. The highest BCUT2D eigenvalue weighted by Gasteiger charge is 2.06. The van der Waals surface area contributed by atoms with Crippen LogP contribution in [0.4, 0.5) is 12.9 Å². The number of aryl methyl sites for hydroxylation is 3. The number of rotatable bonds is 0. The molecule has 0 bridgehead atoms. The molecule has 0 aliphatic carbocycles. The van der Waals surface area contributed by atoms with Gasteiger partial charge in [-0.2, -0.15) is 0 Å². The average molecular weight is 210 g/mol. The number of hydrogen-bond acceptors (Lipinski definition) is 0. The van der Waals surface area contributed by atoms with Crippen molar-refractivity contribution in [2.75, 3.05) is 0 Å². The van der Waals surface area contributed by atoms with Crippen LogP contribution in [0.5, 0.6) is 0 Å². The van der Waals surface area contributed by atoms with Crippen LogP contribution in [-0.2, 0) is 0 Å². The van der Waals surface area contributed by atoms with Crippen molar-refractivity contribution < 1.29 is 22.1 Å². The molecule has 0 fully saturated rings. The minimum Gasteiger partial charge on any atom is -1.00 e. The maximum atomic E-state index is 9.67. The molecule has 0 aromatic carbocycles. The zero-order chi connectivity index (χ0) is 10.4. The summed E-state index contributed by atoms with van der Waals surface area (Å²) >= 11 is 0. The fraction of sp³-hybridized carbons (Fsp3) is 0.375. The second-order valence-corrected chi connectivity index (χ2v) is 2.60. The van der Waals surface area contributed by atoms with Crippen LogP contribution in [0.1, 0.15) is 17.1 Å². The van der Waals surface area contributed by atoms with Crippen LogP contribution in [0.15, 0.2) is 16.5 Å². The second-order valence-electron chi connectivity index (χ2n) is 2.60. The largest absolute Gasteiger partial charge is 1.00 e. The summed E-state index contributed by atoms with van der Waals surface area (Å²) in [7, 11) is -3.67. The van der Waals surface area contributed by atoms with Gasteiger partial charge in [-0.15, -0.1) is 0 Å². The summed E-state index contributed by atoms with van der Waals surface area (Å²) in [6.45, 7) is 5.98. The molecule has 6 heteroatoms. The van der Waals surface area contributed by atoms with Gasteiger partial charge in [-0.1, -0.05) is 0 Å². The van der Waals surface area contributed by atoms with Gasteiger partial charge in [0.1, 0.15) is 0 Å². The minimum absolute atomic E-state index is 0. The van der Waals surface area contributed by atoms with Crippen molar-refractivity contribution in [2.45, 2.75) is 20.8 Å². The molecule has 1 nitrogen and oxygen atoms in total. The van der Waals surface area contributed by atoms with Crippen molar-refractivity contribution in [1.29, 1.82) is 0 Å². The Morgan fingerprint density at radius 2 is 1.29 bits per heavy atom. The van der Waals surface area contributed by atoms with Gasteiger partial charge in [0.15, 0.2) is 0 Å². The Hall–Kier alpha value is -1.07. The number of halogens is 4. The Morgan fingerprint density at radius 3 is 1.50 bits per heavy atom. The summed E-state index contributed by atoms with van der Waals surface area (Å²) in [6, 6.07) is 4.04. The molecule has 0 atom stereocenters. The van der Waals surface area contributed by atoms with Crippen LogP contribution in [0.2, 0.25) is 0 Å². The van der Waals surface area contributed by atoms with Crippen molar-refractivity contribution >= 4 is 7.54 Å². The highest BCUT2D eigenvalue weighted by atomic mass is 19.4. The van der Waals surface area contributed by atoms with E-state index in [1.165, 1.54) is 5.56 Å². The molecule has 0 spiro atoms. The first-order valence-corrected chi connectivity index (χ1v) is 3.72. The van der Waals surface area contributed by atoms with Gasteiger partial charge in [0.05, 0.1) is 13.8 Å². The van der Waals surface area contributed by atoms with Crippen LogP contribution >= 0.6 is 0 Å². The third-order valence-corrected chi connectivity index (χ3v) is 1.18. The van der Waals surface area contributed by atoms with E-state index in [9.17, 15) is 12.9 Å². The van der Waals surface area contributed by atoms with Crippen molar-refractivity contribution in [3.63, 3.8) is 0 Å². The standard InChI is InChI=1S/C8H11O.BF3.FH/c1-6-4-7(2)9-8(3)5-6;2-1(3)4;/h4-5H,1-3H3;;1H/q+1;;/p-1. The van der Waals surface area contributed by atoms with Crippen molar-refractivity contribution in [1.82, 2.24) is 0 Å². The van der Waals surface area contributed by atoms with Crippen LogP contribution in [0.25, 0.3) is 0 Å². The third-order valence-electron chi connectivity index (χ3n) is 1.18. The van der Waals surface area contributed by atoms with Gasteiger partial charge in [-0.3, -0.25) is 12.9 Å². The molecule has 0 radical (unpaired) electrons. The molecule has 14 heavy (non-hydrogen) atoms. The SMILES string of the molecule is Cc1cc(C)[o+]c(C)c1.FB(F)F.[F-]. The van der Waals surface area contributed by atoms with E-state index in [-0.39, 0.29) is 4.70 Å². The van der Waals surface area contributed by atoms with E-state index in [4.69, 9.17) is 4.42 Å². The Balaban J connectivity index is 0. The first kappa shape index (κ1) is 15.4.